The minimum Gasteiger partial charge on any atom is -0.487 e. The number of ether oxygens (including phenoxy) is 2. The maximum absolute atomic E-state index is 12.7. The average molecular weight is 367 g/mol. The van der Waals surface area contributed by atoms with E-state index < -0.39 is 46.5 Å². The van der Waals surface area contributed by atoms with E-state index in [2.05, 4.69) is 0 Å². The summed E-state index contributed by atoms with van der Waals surface area (Å²) in [7, 11) is 0. The molecule has 0 spiro atoms. The second kappa shape index (κ2) is 6.96. The summed E-state index contributed by atoms with van der Waals surface area (Å²) in [4.78, 5) is 10.2. The van der Waals surface area contributed by atoms with Crippen LogP contribution in [-0.4, -0.2) is 11.5 Å². The molecule has 0 N–H and O–H groups in total. The highest BCUT2D eigenvalue weighted by molar-refractivity contribution is 6.32. The zero-order valence-corrected chi connectivity index (χ0v) is 12.3. The van der Waals surface area contributed by atoms with Crippen LogP contribution in [0.5, 0.6) is 17.2 Å². The molecule has 0 bridgehead atoms. The molecule has 0 aliphatic carbocycles. The van der Waals surface area contributed by atoms with Gasteiger partial charge in [-0.2, -0.15) is 13.2 Å². The van der Waals surface area contributed by atoms with E-state index in [9.17, 15) is 23.3 Å². The van der Waals surface area contributed by atoms with E-state index >= 15 is 0 Å². The van der Waals surface area contributed by atoms with Crippen LogP contribution >= 0.6 is 11.6 Å². The van der Waals surface area contributed by atoms with Crippen LogP contribution in [0.2, 0.25) is 5.02 Å². The van der Waals surface area contributed by atoms with Gasteiger partial charge in [-0.25, -0.2) is 0 Å². The number of alkyl halides is 3. The molecule has 0 aliphatic heterocycles. The van der Waals surface area contributed by atoms with Crippen molar-refractivity contribution in [2.45, 2.75) is 13.0 Å². The molecule has 0 aliphatic rings. The van der Waals surface area contributed by atoms with Crippen LogP contribution in [0.25, 0.3) is 0 Å². The van der Waals surface area contributed by atoms with E-state index in [1.807, 2.05) is 0 Å². The highest BCUT2D eigenvalue weighted by Crippen LogP contribution is 2.38. The summed E-state index contributed by atoms with van der Waals surface area (Å²) in [5.74, 6) is -1.19. The van der Waals surface area contributed by atoms with Crippen LogP contribution in [0.1, 0.15) is 19.3 Å². The SMILES string of the molecule is [2H]C([2H])([2H])C([2H])([2H])Oc1cc(Oc2ccc(C(F)(F)F)cc2Cl)ccc1[N+](=O)[O-]. The molecule has 0 saturated heterocycles. The Morgan fingerprint density at radius 2 is 2.04 bits per heavy atom. The summed E-state index contributed by atoms with van der Waals surface area (Å²) < 4.78 is 84.3. The molecule has 0 amide bonds. The Balaban J connectivity index is 2.40. The second-order valence-corrected chi connectivity index (χ2v) is 4.74. The van der Waals surface area contributed by atoms with Crippen LogP contribution < -0.4 is 9.47 Å². The molecular weight excluding hydrogens is 351 g/mol. The van der Waals surface area contributed by atoms with E-state index in [-0.39, 0.29) is 11.5 Å². The molecular formula is C15H11ClF3NO4. The number of hydrogen-bond donors (Lipinski definition) is 0. The summed E-state index contributed by atoms with van der Waals surface area (Å²) in [5.41, 5.74) is -1.77. The summed E-state index contributed by atoms with van der Waals surface area (Å²) in [5, 5.41) is 10.7. The third-order valence-corrected chi connectivity index (χ3v) is 3.07. The minimum absolute atomic E-state index is 0.214. The van der Waals surface area contributed by atoms with Crippen LogP contribution in [-0.2, 0) is 6.18 Å². The first-order valence-electron chi connectivity index (χ1n) is 8.64. The van der Waals surface area contributed by atoms with Gasteiger partial charge in [-0.3, -0.25) is 10.1 Å². The number of halogens is 4. The Kier molecular flexibility index (Phi) is 3.47. The topological polar surface area (TPSA) is 61.6 Å². The first kappa shape index (κ1) is 12.0. The number of benzene rings is 2. The summed E-state index contributed by atoms with van der Waals surface area (Å²) in [6.07, 6.45) is -4.63. The van der Waals surface area contributed by atoms with Crippen LogP contribution in [0, 0.1) is 10.1 Å². The van der Waals surface area contributed by atoms with Gasteiger partial charge in [-0.05, 0) is 31.1 Å². The van der Waals surface area contributed by atoms with Gasteiger partial charge in [0, 0.05) is 16.2 Å². The molecule has 0 fully saturated rings. The zero-order valence-electron chi connectivity index (χ0n) is 16.6. The lowest BCUT2D eigenvalue weighted by Crippen LogP contribution is -2.04. The Bertz CT molecular complexity index is 937. The largest absolute Gasteiger partial charge is 0.487 e. The highest BCUT2D eigenvalue weighted by Gasteiger charge is 2.31. The standard InChI is InChI=1S/C15H11ClF3NO4/c1-2-23-14-8-10(4-5-12(14)20(21)22)24-13-6-3-9(7-11(13)16)15(17,18)19/h3-8H,2H2,1H3/i1D3,2D2. The minimum atomic E-state index is -4.63. The van der Waals surface area contributed by atoms with Gasteiger partial charge in [0.2, 0.25) is 5.75 Å². The van der Waals surface area contributed by atoms with Crippen molar-refractivity contribution in [3.63, 3.8) is 0 Å². The number of rotatable bonds is 5. The smallest absolute Gasteiger partial charge is 0.416 e. The van der Waals surface area contributed by atoms with E-state index in [0.29, 0.717) is 12.1 Å². The molecule has 24 heavy (non-hydrogen) atoms. The third-order valence-electron chi connectivity index (χ3n) is 2.78. The monoisotopic (exact) mass is 366 g/mol. The van der Waals surface area contributed by atoms with Crippen molar-refractivity contribution in [1.29, 1.82) is 0 Å². The van der Waals surface area contributed by atoms with Crippen molar-refractivity contribution >= 4 is 17.3 Å². The van der Waals surface area contributed by atoms with Crippen molar-refractivity contribution in [2.75, 3.05) is 6.56 Å². The van der Waals surface area contributed by atoms with Crippen molar-refractivity contribution in [2.24, 2.45) is 0 Å². The Hall–Kier alpha value is -2.48. The summed E-state index contributed by atoms with van der Waals surface area (Å²) >= 11 is 5.77. The molecule has 128 valence electrons. The molecule has 0 saturated carbocycles. The van der Waals surface area contributed by atoms with Gasteiger partial charge >= 0.3 is 11.9 Å². The van der Waals surface area contributed by atoms with Gasteiger partial charge in [0.15, 0.2) is 0 Å². The van der Waals surface area contributed by atoms with Crippen molar-refractivity contribution < 1.29 is 34.4 Å². The quantitative estimate of drug-likeness (QED) is 0.521. The average Bonchev–Trinajstić information content (AvgIpc) is 2.54. The molecule has 5 nitrogen and oxygen atoms in total. The highest BCUT2D eigenvalue weighted by atomic mass is 35.5. The molecule has 9 heteroatoms. The van der Waals surface area contributed by atoms with E-state index in [0.717, 1.165) is 24.3 Å². The van der Waals surface area contributed by atoms with Gasteiger partial charge in [0.1, 0.15) is 11.5 Å². The van der Waals surface area contributed by atoms with Crippen LogP contribution in [0.15, 0.2) is 36.4 Å². The third kappa shape index (κ3) is 4.08. The maximum atomic E-state index is 12.7. The van der Waals surface area contributed by atoms with E-state index in [1.165, 1.54) is 0 Å². The number of hydrogen-bond acceptors (Lipinski definition) is 4. The number of nitrogens with zero attached hydrogens (tertiary/aromatic N) is 1. The van der Waals surface area contributed by atoms with Crippen LogP contribution in [0.3, 0.4) is 0 Å². The summed E-state index contributed by atoms with van der Waals surface area (Å²) in [6, 6.07) is 5.00. The summed E-state index contributed by atoms with van der Waals surface area (Å²) in [6.45, 7) is -6.52. The van der Waals surface area contributed by atoms with E-state index in [1.54, 1.807) is 0 Å². The van der Waals surface area contributed by atoms with Gasteiger partial charge in [0.25, 0.3) is 0 Å². The first-order chi connectivity index (χ1) is 13.1. The van der Waals surface area contributed by atoms with Crippen molar-refractivity contribution in [3.8, 4) is 17.2 Å². The lowest BCUT2D eigenvalue weighted by molar-refractivity contribution is -0.385. The molecule has 2 aromatic carbocycles. The van der Waals surface area contributed by atoms with E-state index in [4.69, 9.17) is 27.9 Å². The zero-order chi connectivity index (χ0) is 22.2. The van der Waals surface area contributed by atoms with Gasteiger partial charge in [-0.1, -0.05) is 11.6 Å². The van der Waals surface area contributed by atoms with Gasteiger partial charge in [0.05, 0.1) is 24.8 Å². The first-order valence-corrected chi connectivity index (χ1v) is 6.52. The lowest BCUT2D eigenvalue weighted by Gasteiger charge is -2.12. The van der Waals surface area contributed by atoms with Crippen LogP contribution in [0.4, 0.5) is 18.9 Å². The fourth-order valence-corrected chi connectivity index (χ4v) is 1.95. The molecule has 2 aromatic rings. The van der Waals surface area contributed by atoms with Crippen molar-refractivity contribution in [1.82, 2.24) is 0 Å². The number of nitro groups is 1. The number of nitro benzene ring substituents is 1. The van der Waals surface area contributed by atoms with Crippen molar-refractivity contribution in [3.05, 3.63) is 57.1 Å². The maximum Gasteiger partial charge on any atom is 0.416 e. The van der Waals surface area contributed by atoms with Gasteiger partial charge < -0.3 is 9.47 Å². The fraction of sp³-hybridized carbons (Fsp3) is 0.200. The Morgan fingerprint density at radius 3 is 2.62 bits per heavy atom. The Labute approximate surface area is 146 Å². The molecule has 0 unspecified atom stereocenters. The van der Waals surface area contributed by atoms with Gasteiger partial charge in [-0.15, -0.1) is 0 Å². The molecule has 0 aromatic heterocycles. The predicted octanol–water partition coefficient (Wildman–Crippen LogP) is 5.46. The molecule has 2 rings (SSSR count). The fourth-order valence-electron chi connectivity index (χ4n) is 1.73. The predicted molar refractivity (Wildman–Crippen MR) is 80.8 cm³/mol. The lowest BCUT2D eigenvalue weighted by atomic mass is 10.2. The second-order valence-electron chi connectivity index (χ2n) is 4.34. The molecule has 0 atom stereocenters. The molecule has 0 radical (unpaired) electrons. The normalized spacial score (nSPS) is 15.4. The Morgan fingerprint density at radius 1 is 1.29 bits per heavy atom. The molecule has 0 heterocycles.